The molecular formula is C22H25FN4O3. The largest absolute Gasteiger partial charge is 0.369 e. The number of hydrogen-bond acceptors (Lipinski definition) is 4. The van der Waals surface area contributed by atoms with E-state index in [2.05, 4.69) is 15.5 Å². The number of hydrogen-bond donors (Lipinski definition) is 3. The van der Waals surface area contributed by atoms with Crippen LogP contribution in [0.25, 0.3) is 0 Å². The van der Waals surface area contributed by atoms with Gasteiger partial charge in [-0.2, -0.15) is 0 Å². The van der Waals surface area contributed by atoms with Crippen LogP contribution in [-0.2, 0) is 16.1 Å². The first-order valence-corrected chi connectivity index (χ1v) is 9.81. The van der Waals surface area contributed by atoms with Gasteiger partial charge in [-0.25, -0.2) is 4.39 Å². The number of nitrogens with one attached hydrogen (secondary N) is 2. The fourth-order valence-electron chi connectivity index (χ4n) is 3.54. The van der Waals surface area contributed by atoms with Crippen LogP contribution in [0.2, 0.25) is 0 Å². The Labute approximate surface area is 174 Å². The Hall–Kier alpha value is -3.26. The summed E-state index contributed by atoms with van der Waals surface area (Å²) < 4.78 is 13.7. The summed E-state index contributed by atoms with van der Waals surface area (Å²) in [6, 6.07) is 11.2. The van der Waals surface area contributed by atoms with E-state index in [-0.39, 0.29) is 23.1 Å². The molecule has 1 atom stereocenters. The minimum Gasteiger partial charge on any atom is -0.369 e. The maximum Gasteiger partial charge on any atom is 0.255 e. The summed E-state index contributed by atoms with van der Waals surface area (Å²) in [6.45, 7) is 3.56. The van der Waals surface area contributed by atoms with Crippen molar-refractivity contribution in [3.8, 4) is 0 Å². The molecule has 158 valence electrons. The third kappa shape index (κ3) is 5.64. The predicted octanol–water partition coefficient (Wildman–Crippen LogP) is 2.73. The van der Waals surface area contributed by atoms with Crippen molar-refractivity contribution in [2.45, 2.75) is 26.3 Å². The molecule has 2 aromatic rings. The summed E-state index contributed by atoms with van der Waals surface area (Å²) in [5.41, 5.74) is 7.28. The number of nitrogens with zero attached hydrogens (tertiary/aromatic N) is 1. The lowest BCUT2D eigenvalue weighted by atomic mass is 9.97. The number of anilines is 2. The second-order valence-electron chi connectivity index (χ2n) is 7.50. The maximum atomic E-state index is 13.7. The van der Waals surface area contributed by atoms with Crippen molar-refractivity contribution >= 4 is 29.1 Å². The van der Waals surface area contributed by atoms with Gasteiger partial charge >= 0.3 is 0 Å². The summed E-state index contributed by atoms with van der Waals surface area (Å²) in [6.07, 6.45) is 1.78. The number of carbonyl (C=O) groups is 3. The first-order chi connectivity index (χ1) is 14.3. The van der Waals surface area contributed by atoms with Crippen LogP contribution in [-0.4, -0.2) is 35.7 Å². The number of halogens is 1. The van der Waals surface area contributed by atoms with Crippen molar-refractivity contribution in [3.63, 3.8) is 0 Å². The highest BCUT2D eigenvalue weighted by atomic mass is 19.1. The first kappa shape index (κ1) is 21.4. The lowest BCUT2D eigenvalue weighted by Gasteiger charge is -2.31. The third-order valence-electron chi connectivity index (χ3n) is 5.07. The Balaban J connectivity index is 1.61. The van der Waals surface area contributed by atoms with E-state index in [1.807, 2.05) is 12.1 Å². The molecule has 0 saturated carbocycles. The highest BCUT2D eigenvalue weighted by Crippen LogP contribution is 2.20. The molecule has 0 aromatic heterocycles. The van der Waals surface area contributed by atoms with Crippen molar-refractivity contribution in [1.82, 2.24) is 4.90 Å². The molecule has 0 aliphatic carbocycles. The zero-order valence-corrected chi connectivity index (χ0v) is 16.8. The average molecular weight is 412 g/mol. The minimum atomic E-state index is -0.609. The maximum absolute atomic E-state index is 13.7. The summed E-state index contributed by atoms with van der Waals surface area (Å²) in [7, 11) is 0. The fourth-order valence-corrected chi connectivity index (χ4v) is 3.54. The van der Waals surface area contributed by atoms with Crippen LogP contribution in [0.5, 0.6) is 0 Å². The van der Waals surface area contributed by atoms with Gasteiger partial charge in [-0.1, -0.05) is 12.1 Å². The SMILES string of the molecule is CC(=O)Nc1cc(C(=O)Nc2ccc(CN3CCCC(C(N)=O)C3)cc2)ccc1F. The molecule has 2 aromatic carbocycles. The number of carbonyl (C=O) groups excluding carboxylic acids is 3. The Morgan fingerprint density at radius 3 is 2.53 bits per heavy atom. The van der Waals surface area contributed by atoms with Gasteiger partial charge < -0.3 is 16.4 Å². The third-order valence-corrected chi connectivity index (χ3v) is 5.07. The second-order valence-corrected chi connectivity index (χ2v) is 7.50. The number of likely N-dealkylation sites (tertiary alicyclic amines) is 1. The Morgan fingerprint density at radius 2 is 1.87 bits per heavy atom. The fraction of sp³-hybridized carbons (Fsp3) is 0.318. The van der Waals surface area contributed by atoms with Crippen LogP contribution in [0.15, 0.2) is 42.5 Å². The second kappa shape index (κ2) is 9.49. The van der Waals surface area contributed by atoms with Crippen molar-refractivity contribution in [2.24, 2.45) is 11.7 Å². The van der Waals surface area contributed by atoms with Gasteiger partial charge in [-0.3, -0.25) is 19.3 Å². The highest BCUT2D eigenvalue weighted by Gasteiger charge is 2.23. The van der Waals surface area contributed by atoms with E-state index in [0.717, 1.165) is 31.0 Å². The number of nitrogens with two attached hydrogens (primary N) is 1. The zero-order valence-electron chi connectivity index (χ0n) is 16.8. The number of benzene rings is 2. The monoisotopic (exact) mass is 412 g/mol. The van der Waals surface area contributed by atoms with Crippen LogP contribution in [0.3, 0.4) is 0 Å². The molecule has 1 heterocycles. The van der Waals surface area contributed by atoms with E-state index in [9.17, 15) is 18.8 Å². The summed E-state index contributed by atoms with van der Waals surface area (Å²) in [4.78, 5) is 37.3. The first-order valence-electron chi connectivity index (χ1n) is 9.81. The molecule has 1 aliphatic rings. The quantitative estimate of drug-likeness (QED) is 0.678. The van der Waals surface area contributed by atoms with Gasteiger partial charge in [0.15, 0.2) is 0 Å². The van der Waals surface area contributed by atoms with Gasteiger partial charge in [0.25, 0.3) is 5.91 Å². The van der Waals surface area contributed by atoms with Gasteiger partial charge in [0.2, 0.25) is 11.8 Å². The van der Waals surface area contributed by atoms with Crippen molar-refractivity contribution in [1.29, 1.82) is 0 Å². The van der Waals surface area contributed by atoms with E-state index >= 15 is 0 Å². The molecule has 0 radical (unpaired) electrons. The predicted molar refractivity (Wildman–Crippen MR) is 112 cm³/mol. The zero-order chi connectivity index (χ0) is 21.7. The van der Waals surface area contributed by atoms with Gasteiger partial charge in [-0.05, 0) is 55.3 Å². The van der Waals surface area contributed by atoms with E-state index in [1.165, 1.54) is 19.1 Å². The topological polar surface area (TPSA) is 105 Å². The normalized spacial score (nSPS) is 16.7. The number of piperidine rings is 1. The van der Waals surface area contributed by atoms with Crippen molar-refractivity contribution in [2.75, 3.05) is 23.7 Å². The Bertz CT molecular complexity index is 946. The summed E-state index contributed by atoms with van der Waals surface area (Å²) in [5, 5.41) is 5.12. The molecule has 7 nitrogen and oxygen atoms in total. The van der Waals surface area contributed by atoms with E-state index in [0.29, 0.717) is 18.8 Å². The minimum absolute atomic E-state index is 0.0405. The van der Waals surface area contributed by atoms with Crippen LogP contribution in [0, 0.1) is 11.7 Å². The molecule has 3 rings (SSSR count). The van der Waals surface area contributed by atoms with E-state index in [1.54, 1.807) is 12.1 Å². The summed E-state index contributed by atoms with van der Waals surface area (Å²) in [5.74, 6) is -1.79. The summed E-state index contributed by atoms with van der Waals surface area (Å²) >= 11 is 0. The molecule has 4 N–H and O–H groups in total. The molecular weight excluding hydrogens is 387 g/mol. The molecule has 3 amide bonds. The lowest BCUT2D eigenvalue weighted by molar-refractivity contribution is -0.123. The highest BCUT2D eigenvalue weighted by molar-refractivity contribution is 6.05. The van der Waals surface area contributed by atoms with Crippen LogP contribution >= 0.6 is 0 Å². The number of primary amides is 1. The molecule has 0 bridgehead atoms. The average Bonchev–Trinajstić information content (AvgIpc) is 2.71. The number of amides is 3. The van der Waals surface area contributed by atoms with Gasteiger partial charge in [-0.15, -0.1) is 0 Å². The molecule has 0 spiro atoms. The molecule has 1 aliphatic heterocycles. The molecule has 1 unspecified atom stereocenters. The van der Waals surface area contributed by atoms with Crippen LogP contribution in [0.1, 0.15) is 35.7 Å². The lowest BCUT2D eigenvalue weighted by Crippen LogP contribution is -2.40. The van der Waals surface area contributed by atoms with Crippen molar-refractivity contribution < 1.29 is 18.8 Å². The Morgan fingerprint density at radius 1 is 1.13 bits per heavy atom. The van der Waals surface area contributed by atoms with Crippen molar-refractivity contribution in [3.05, 3.63) is 59.4 Å². The molecule has 1 saturated heterocycles. The standard InChI is InChI=1S/C22H25FN4O3/c1-14(28)25-20-11-16(6-9-19(20)23)22(30)26-18-7-4-15(5-8-18)12-27-10-2-3-17(13-27)21(24)29/h4-9,11,17H,2-3,10,12-13H2,1H3,(H2,24,29)(H,25,28)(H,26,30). The molecule has 1 fully saturated rings. The van der Waals surface area contributed by atoms with E-state index < -0.39 is 17.6 Å². The smallest absolute Gasteiger partial charge is 0.255 e. The number of rotatable bonds is 6. The van der Waals surface area contributed by atoms with E-state index in [4.69, 9.17) is 5.73 Å². The Kier molecular flexibility index (Phi) is 6.79. The molecule has 8 heteroatoms. The van der Waals surface area contributed by atoms with Gasteiger partial charge in [0.05, 0.1) is 11.6 Å². The molecule has 30 heavy (non-hydrogen) atoms. The van der Waals surface area contributed by atoms with Gasteiger partial charge in [0, 0.05) is 31.3 Å². The van der Waals surface area contributed by atoms with Crippen LogP contribution < -0.4 is 16.4 Å². The van der Waals surface area contributed by atoms with Gasteiger partial charge in [0.1, 0.15) is 5.82 Å². The van der Waals surface area contributed by atoms with Crippen LogP contribution in [0.4, 0.5) is 15.8 Å².